The minimum atomic E-state index is 1.25. The normalized spacial score (nSPS) is 17.0. The predicted octanol–water partition coefficient (Wildman–Crippen LogP) is 4.12. The lowest BCUT2D eigenvalue weighted by Crippen LogP contribution is -1.68. The molecule has 0 nitrogen and oxygen atoms in total. The van der Waals surface area contributed by atoms with Gasteiger partial charge in [-0.05, 0) is 13.8 Å². The fraction of sp³-hybridized carbons (Fsp3) is 0.143. The van der Waals surface area contributed by atoms with Crippen molar-refractivity contribution in [2.75, 3.05) is 0 Å². The topological polar surface area (TPSA) is 0 Å². The molecule has 1 rings (SSSR count). The van der Waals surface area contributed by atoms with Crippen LogP contribution in [0.2, 0.25) is 0 Å². The number of hydrogen-bond acceptors (Lipinski definition) is 0. The molecule has 1 aliphatic carbocycles. The van der Waals surface area contributed by atoms with Gasteiger partial charge >= 0.3 is 0 Å². The summed E-state index contributed by atoms with van der Waals surface area (Å²) in [4.78, 5) is 0. The van der Waals surface area contributed by atoms with E-state index in [1.807, 2.05) is 24.3 Å². The summed E-state index contributed by atoms with van der Waals surface area (Å²) in [7, 11) is 0. The van der Waals surface area contributed by atoms with Gasteiger partial charge in [0.2, 0.25) is 0 Å². The molecule has 0 fully saturated rings. The van der Waals surface area contributed by atoms with Crippen molar-refractivity contribution in [2.24, 2.45) is 0 Å². The lowest BCUT2D eigenvalue weighted by Gasteiger charge is -1.89. The molecule has 0 aromatic carbocycles. The molecule has 0 amide bonds. The van der Waals surface area contributed by atoms with Crippen LogP contribution in [-0.4, -0.2) is 0 Å². The first-order valence-corrected chi connectivity index (χ1v) is 4.82. The molecule has 0 radical (unpaired) electrons. The minimum absolute atomic E-state index is 1.25. The molecule has 0 atom stereocenters. The van der Waals surface area contributed by atoms with E-state index < -0.39 is 0 Å². The molecule has 0 aromatic heterocycles. The average molecular weight is 184 g/mol. The van der Waals surface area contributed by atoms with Crippen molar-refractivity contribution in [3.8, 4) is 0 Å². The summed E-state index contributed by atoms with van der Waals surface area (Å²) in [6.07, 6.45) is 20.7. The smallest absolute Gasteiger partial charge is 0.0398 e. The molecule has 0 N–H and O–H groups in total. The maximum absolute atomic E-state index is 2.10. The Balaban J connectivity index is 2.88. The van der Waals surface area contributed by atoms with Crippen LogP contribution in [-0.2, 0) is 0 Å². The number of hydrogen-bond donors (Lipinski definition) is 0. The van der Waals surface area contributed by atoms with Crippen molar-refractivity contribution >= 4 is 0 Å². The molecule has 72 valence electrons. The number of allylic oxidation sites excluding steroid dienone is 12. The lowest BCUT2D eigenvalue weighted by molar-refractivity contribution is 1.50. The zero-order valence-electron chi connectivity index (χ0n) is 8.77. The maximum atomic E-state index is 2.10. The highest BCUT2D eigenvalue weighted by Crippen LogP contribution is 2.00. The summed E-state index contributed by atoms with van der Waals surface area (Å²) in [5, 5.41) is 0. The van der Waals surface area contributed by atoms with Gasteiger partial charge in [-0.3, -0.25) is 0 Å². The van der Waals surface area contributed by atoms with Gasteiger partial charge in [0.25, 0.3) is 0 Å². The third-order valence-electron chi connectivity index (χ3n) is 1.88. The van der Waals surface area contributed by atoms with Gasteiger partial charge in [0.05, 0.1) is 0 Å². The molecule has 0 aromatic rings. The van der Waals surface area contributed by atoms with E-state index in [1.54, 1.807) is 0 Å². The second-order valence-electron chi connectivity index (χ2n) is 3.31. The van der Waals surface area contributed by atoms with Crippen LogP contribution in [0.25, 0.3) is 0 Å². The second kappa shape index (κ2) is 5.98. The Labute approximate surface area is 86.3 Å². The molecule has 0 spiro atoms. The van der Waals surface area contributed by atoms with Crippen molar-refractivity contribution in [2.45, 2.75) is 13.8 Å². The average Bonchev–Trinajstić information content (AvgIpc) is 2.16. The van der Waals surface area contributed by atoms with E-state index in [0.717, 1.165) is 0 Å². The molecule has 0 saturated carbocycles. The highest BCUT2D eigenvalue weighted by molar-refractivity contribution is 5.31. The molecule has 0 unspecified atom stereocenters. The van der Waals surface area contributed by atoms with E-state index in [0.29, 0.717) is 0 Å². The zero-order chi connectivity index (χ0) is 10.2. The van der Waals surface area contributed by atoms with Crippen molar-refractivity contribution in [3.05, 3.63) is 71.9 Å². The Kier molecular flexibility index (Phi) is 4.49. The van der Waals surface area contributed by atoms with E-state index in [-0.39, 0.29) is 0 Å². The van der Waals surface area contributed by atoms with Crippen molar-refractivity contribution in [1.29, 1.82) is 0 Å². The summed E-state index contributed by atoms with van der Waals surface area (Å²) >= 11 is 0. The van der Waals surface area contributed by atoms with Gasteiger partial charge in [0.15, 0.2) is 0 Å². The quantitative estimate of drug-likeness (QED) is 0.531. The highest BCUT2D eigenvalue weighted by atomic mass is 13.9. The lowest BCUT2D eigenvalue weighted by atomic mass is 10.2. The van der Waals surface area contributed by atoms with Gasteiger partial charge in [-0.2, -0.15) is 0 Å². The van der Waals surface area contributed by atoms with Crippen molar-refractivity contribution in [3.63, 3.8) is 0 Å². The zero-order valence-corrected chi connectivity index (χ0v) is 8.77. The third kappa shape index (κ3) is 4.46. The van der Waals surface area contributed by atoms with Crippen LogP contribution >= 0.6 is 0 Å². The van der Waals surface area contributed by atoms with Crippen LogP contribution < -0.4 is 0 Å². The summed E-state index contributed by atoms with van der Waals surface area (Å²) in [5.41, 5.74) is 2.50. The van der Waals surface area contributed by atoms with Crippen molar-refractivity contribution in [1.82, 2.24) is 0 Å². The van der Waals surface area contributed by atoms with Crippen molar-refractivity contribution < 1.29 is 0 Å². The molecular weight excluding hydrogens is 168 g/mol. The van der Waals surface area contributed by atoms with Crippen LogP contribution in [0.5, 0.6) is 0 Å². The second-order valence-corrected chi connectivity index (χ2v) is 3.31. The molecule has 14 heavy (non-hydrogen) atoms. The molecule has 0 saturated heterocycles. The molecule has 0 heteroatoms. The van der Waals surface area contributed by atoms with Crippen LogP contribution in [0.3, 0.4) is 0 Å². The van der Waals surface area contributed by atoms with E-state index in [1.165, 1.54) is 11.1 Å². The first-order valence-electron chi connectivity index (χ1n) is 4.82. The molecule has 1 aliphatic rings. The summed E-state index contributed by atoms with van der Waals surface area (Å²) in [6.45, 7) is 4.18. The van der Waals surface area contributed by atoms with E-state index >= 15 is 0 Å². The van der Waals surface area contributed by atoms with Crippen LogP contribution in [0, 0.1) is 0 Å². The summed E-state index contributed by atoms with van der Waals surface area (Å²) < 4.78 is 0. The fourth-order valence-corrected chi connectivity index (χ4v) is 1.07. The van der Waals surface area contributed by atoms with Crippen LogP contribution in [0.4, 0.5) is 0 Å². The Bertz CT molecular complexity index is 310. The largest absolute Gasteiger partial charge is 0.0623 e. The molecule has 0 bridgehead atoms. The third-order valence-corrected chi connectivity index (χ3v) is 1.88. The summed E-state index contributed by atoms with van der Waals surface area (Å²) in [5.74, 6) is 0. The first-order chi connectivity index (χ1) is 6.79. The summed E-state index contributed by atoms with van der Waals surface area (Å²) in [6, 6.07) is 0. The molecule has 0 heterocycles. The van der Waals surface area contributed by atoms with Gasteiger partial charge in [-0.1, -0.05) is 71.9 Å². The Hall–Kier alpha value is -1.56. The Morgan fingerprint density at radius 2 is 1.00 bits per heavy atom. The minimum Gasteiger partial charge on any atom is -0.0623 e. The van der Waals surface area contributed by atoms with Gasteiger partial charge < -0.3 is 0 Å². The monoisotopic (exact) mass is 184 g/mol. The van der Waals surface area contributed by atoms with Gasteiger partial charge in [0.1, 0.15) is 0 Å². The highest BCUT2D eigenvalue weighted by Gasteiger charge is 1.79. The van der Waals surface area contributed by atoms with Gasteiger partial charge in [0, 0.05) is 0 Å². The Morgan fingerprint density at radius 3 is 1.43 bits per heavy atom. The van der Waals surface area contributed by atoms with E-state index in [2.05, 4.69) is 50.3 Å². The Morgan fingerprint density at radius 1 is 0.571 bits per heavy atom. The van der Waals surface area contributed by atoms with Crippen LogP contribution in [0.15, 0.2) is 71.9 Å². The number of rotatable bonds is 0. The van der Waals surface area contributed by atoms with Gasteiger partial charge in [-0.25, -0.2) is 0 Å². The van der Waals surface area contributed by atoms with Crippen LogP contribution in [0.1, 0.15) is 13.8 Å². The molecule has 0 aliphatic heterocycles. The van der Waals surface area contributed by atoms with E-state index in [4.69, 9.17) is 0 Å². The standard InChI is InChI=1S/C14H16/c1-13-9-5-3-4-6-10-14(2)12-8-7-11-13/h3-12H,1-2H3. The maximum Gasteiger partial charge on any atom is -0.0398 e. The van der Waals surface area contributed by atoms with E-state index in [9.17, 15) is 0 Å². The predicted molar refractivity (Wildman–Crippen MR) is 64.1 cm³/mol. The molecular formula is C14H16. The SMILES string of the molecule is CC1=CC=CC=C(C)C=CC=CC=C1. The first kappa shape index (κ1) is 10.5. The fourth-order valence-electron chi connectivity index (χ4n) is 1.07. The van der Waals surface area contributed by atoms with Gasteiger partial charge in [-0.15, -0.1) is 0 Å².